The van der Waals surface area contributed by atoms with Crippen molar-refractivity contribution in [1.29, 1.82) is 0 Å². The van der Waals surface area contributed by atoms with Crippen molar-refractivity contribution in [3.8, 4) is 11.1 Å². The van der Waals surface area contributed by atoms with Crippen LogP contribution in [-0.2, 0) is 19.8 Å². The van der Waals surface area contributed by atoms with Gasteiger partial charge in [-0.2, -0.15) is 22.7 Å². The van der Waals surface area contributed by atoms with Gasteiger partial charge in [0.05, 0.1) is 17.8 Å². The van der Waals surface area contributed by atoms with Crippen LogP contribution in [0.2, 0.25) is 0 Å². The van der Waals surface area contributed by atoms with Crippen LogP contribution in [0.25, 0.3) is 11.1 Å². The van der Waals surface area contributed by atoms with Gasteiger partial charge in [-0.15, -0.1) is 0 Å². The topological polar surface area (TPSA) is 63.9 Å². The molecule has 0 saturated heterocycles. The second kappa shape index (κ2) is 8.49. The average molecular weight is 469 g/mol. The van der Waals surface area contributed by atoms with Gasteiger partial charge in [0.15, 0.2) is 0 Å². The van der Waals surface area contributed by atoms with Gasteiger partial charge in [0.25, 0.3) is 12.3 Å². The monoisotopic (exact) mass is 469 g/mol. The van der Waals surface area contributed by atoms with E-state index < -0.39 is 41.3 Å². The zero-order valence-electron chi connectivity index (χ0n) is 17.2. The number of halogens is 6. The lowest BCUT2D eigenvalue weighted by Gasteiger charge is -2.24. The Morgan fingerprint density at radius 1 is 1.24 bits per heavy atom. The van der Waals surface area contributed by atoms with Crippen LogP contribution in [0.3, 0.4) is 0 Å². The molecule has 33 heavy (non-hydrogen) atoms. The quantitative estimate of drug-likeness (QED) is 0.488. The highest BCUT2D eigenvalue weighted by Gasteiger charge is 2.39. The molecule has 3 aromatic heterocycles. The van der Waals surface area contributed by atoms with E-state index in [4.69, 9.17) is 0 Å². The van der Waals surface area contributed by atoms with Crippen LogP contribution in [-0.4, -0.2) is 36.6 Å². The Labute approximate surface area is 183 Å². The Kier molecular flexibility index (Phi) is 5.85. The predicted octanol–water partition coefficient (Wildman–Crippen LogP) is 4.78. The molecule has 6 nitrogen and oxygen atoms in total. The van der Waals surface area contributed by atoms with E-state index in [2.05, 4.69) is 15.1 Å². The number of amides is 1. The smallest absolute Gasteiger partial charge is 0.330 e. The van der Waals surface area contributed by atoms with Crippen LogP contribution in [0.5, 0.6) is 0 Å². The molecule has 0 atom stereocenters. The number of rotatable bonds is 6. The van der Waals surface area contributed by atoms with E-state index in [-0.39, 0.29) is 23.8 Å². The standard InChI is InChI=1S/C21H17F6N5O/c1-31-19(24)16(17(30-31)18(22)23)20(33)32(13-2-3-13)10-15-14(11-4-6-28-7-5-11)8-12(9-29-15)21(25,26)27/h4-9,13,18H,2-3,10H2,1H3. The summed E-state index contributed by atoms with van der Waals surface area (Å²) in [5.74, 6) is -2.23. The Bertz CT molecular complexity index is 1170. The van der Waals surface area contributed by atoms with E-state index >= 15 is 0 Å². The number of carbonyl (C=O) groups excluding carboxylic acids is 1. The SMILES string of the molecule is Cn1nc(C(F)F)c(C(=O)N(Cc2ncc(C(F)(F)F)cc2-c2ccncc2)C2CC2)c1F. The van der Waals surface area contributed by atoms with E-state index in [0.717, 1.165) is 18.0 Å². The summed E-state index contributed by atoms with van der Waals surface area (Å²) in [6.45, 7) is -0.295. The number of pyridine rings is 2. The molecule has 12 heteroatoms. The highest BCUT2D eigenvalue weighted by molar-refractivity contribution is 5.96. The minimum absolute atomic E-state index is 0.103. The molecule has 0 aromatic carbocycles. The molecule has 1 amide bonds. The lowest BCUT2D eigenvalue weighted by atomic mass is 10.0. The van der Waals surface area contributed by atoms with Crippen LogP contribution >= 0.6 is 0 Å². The molecule has 0 radical (unpaired) electrons. The van der Waals surface area contributed by atoms with Crippen LogP contribution in [0.4, 0.5) is 26.3 Å². The van der Waals surface area contributed by atoms with Crippen molar-refractivity contribution < 1.29 is 31.1 Å². The Hall–Kier alpha value is -3.44. The van der Waals surface area contributed by atoms with Gasteiger partial charge in [-0.25, -0.2) is 13.5 Å². The number of aromatic nitrogens is 4. The van der Waals surface area contributed by atoms with Gasteiger partial charge >= 0.3 is 6.18 Å². The Morgan fingerprint density at radius 2 is 1.91 bits per heavy atom. The van der Waals surface area contributed by atoms with Gasteiger partial charge in [-0.1, -0.05) is 0 Å². The molecule has 3 heterocycles. The number of nitrogens with zero attached hydrogens (tertiary/aromatic N) is 5. The Morgan fingerprint density at radius 3 is 2.48 bits per heavy atom. The first-order chi connectivity index (χ1) is 15.6. The van der Waals surface area contributed by atoms with Gasteiger partial charge in [-0.05, 0) is 36.6 Å². The van der Waals surface area contributed by atoms with Crippen LogP contribution in [0, 0.1) is 5.95 Å². The summed E-state index contributed by atoms with van der Waals surface area (Å²) in [6.07, 6.45) is -3.31. The van der Waals surface area contributed by atoms with Crippen LogP contribution < -0.4 is 0 Å². The molecule has 1 saturated carbocycles. The first-order valence-corrected chi connectivity index (χ1v) is 9.86. The van der Waals surface area contributed by atoms with E-state index in [0.29, 0.717) is 29.3 Å². The third-order valence-electron chi connectivity index (χ3n) is 5.28. The maximum absolute atomic E-state index is 14.5. The van der Waals surface area contributed by atoms with E-state index in [1.165, 1.54) is 24.5 Å². The number of aryl methyl sites for hydroxylation is 1. The summed E-state index contributed by atoms with van der Waals surface area (Å²) in [4.78, 5) is 22.1. The van der Waals surface area contributed by atoms with Crippen molar-refractivity contribution in [3.63, 3.8) is 0 Å². The zero-order valence-corrected chi connectivity index (χ0v) is 17.2. The molecule has 174 valence electrons. The Balaban J connectivity index is 1.76. The maximum atomic E-state index is 14.5. The number of alkyl halides is 5. The fourth-order valence-electron chi connectivity index (χ4n) is 3.49. The fourth-order valence-corrected chi connectivity index (χ4v) is 3.49. The highest BCUT2D eigenvalue weighted by atomic mass is 19.4. The lowest BCUT2D eigenvalue weighted by Crippen LogP contribution is -2.34. The summed E-state index contributed by atoms with van der Waals surface area (Å²) in [5.41, 5.74) is -2.23. The van der Waals surface area contributed by atoms with Crippen molar-refractivity contribution in [2.75, 3.05) is 0 Å². The van der Waals surface area contributed by atoms with Crippen LogP contribution in [0.1, 0.15) is 46.6 Å². The van der Waals surface area contributed by atoms with E-state index in [1.807, 2.05) is 0 Å². The van der Waals surface area contributed by atoms with E-state index in [9.17, 15) is 31.1 Å². The molecule has 1 aliphatic carbocycles. The molecule has 0 spiro atoms. The second-order valence-electron chi connectivity index (χ2n) is 7.59. The molecular weight excluding hydrogens is 452 g/mol. The van der Waals surface area contributed by atoms with Gasteiger partial charge in [0.1, 0.15) is 11.3 Å². The molecule has 3 aromatic rings. The minimum atomic E-state index is -4.65. The first kappa shape index (κ1) is 22.7. The summed E-state index contributed by atoms with van der Waals surface area (Å²) in [5, 5.41) is 3.40. The average Bonchev–Trinajstić information content (AvgIpc) is 3.56. The molecule has 0 unspecified atom stereocenters. The van der Waals surface area contributed by atoms with Crippen molar-refractivity contribution >= 4 is 5.91 Å². The van der Waals surface area contributed by atoms with Gasteiger partial charge in [-0.3, -0.25) is 14.8 Å². The number of carbonyl (C=O) groups is 1. The summed E-state index contributed by atoms with van der Waals surface area (Å²) in [6, 6.07) is 3.50. The highest BCUT2D eigenvalue weighted by Crippen LogP contribution is 2.36. The van der Waals surface area contributed by atoms with Crippen molar-refractivity contribution in [3.05, 3.63) is 65.3 Å². The minimum Gasteiger partial charge on any atom is -0.330 e. The number of hydrogen-bond donors (Lipinski definition) is 0. The molecule has 0 bridgehead atoms. The van der Waals surface area contributed by atoms with E-state index in [1.54, 1.807) is 0 Å². The maximum Gasteiger partial charge on any atom is 0.417 e. The molecular formula is C21H17F6N5O. The third kappa shape index (κ3) is 4.55. The molecule has 1 aliphatic rings. The molecule has 0 aliphatic heterocycles. The summed E-state index contributed by atoms with van der Waals surface area (Å²) in [7, 11) is 1.10. The lowest BCUT2D eigenvalue weighted by molar-refractivity contribution is -0.137. The van der Waals surface area contributed by atoms with Crippen molar-refractivity contribution in [2.24, 2.45) is 7.05 Å². The molecule has 0 N–H and O–H groups in total. The van der Waals surface area contributed by atoms with Gasteiger partial charge in [0, 0.05) is 37.2 Å². The van der Waals surface area contributed by atoms with Crippen LogP contribution in [0.15, 0.2) is 36.8 Å². The van der Waals surface area contributed by atoms with Gasteiger partial charge < -0.3 is 4.90 Å². The fraction of sp³-hybridized carbons (Fsp3) is 0.333. The first-order valence-electron chi connectivity index (χ1n) is 9.86. The molecule has 4 rings (SSSR count). The largest absolute Gasteiger partial charge is 0.417 e. The third-order valence-corrected chi connectivity index (χ3v) is 5.28. The zero-order chi connectivity index (χ0) is 23.9. The summed E-state index contributed by atoms with van der Waals surface area (Å²) >= 11 is 0. The number of hydrogen-bond acceptors (Lipinski definition) is 4. The second-order valence-corrected chi connectivity index (χ2v) is 7.59. The predicted molar refractivity (Wildman–Crippen MR) is 103 cm³/mol. The summed E-state index contributed by atoms with van der Waals surface area (Å²) < 4.78 is 81.7. The molecule has 1 fully saturated rings. The van der Waals surface area contributed by atoms with Crippen molar-refractivity contribution in [1.82, 2.24) is 24.6 Å². The normalized spacial score (nSPS) is 14.1. The van der Waals surface area contributed by atoms with Crippen molar-refractivity contribution in [2.45, 2.75) is 38.0 Å². The van der Waals surface area contributed by atoms with Gasteiger partial charge in [0.2, 0.25) is 5.95 Å².